The molecule has 4 nitrogen and oxygen atoms in total. The number of carboxylic acids is 2. The van der Waals surface area contributed by atoms with Gasteiger partial charge in [0.15, 0.2) is 0 Å². The van der Waals surface area contributed by atoms with E-state index in [4.69, 9.17) is 10.2 Å². The molecule has 0 aromatic carbocycles. The summed E-state index contributed by atoms with van der Waals surface area (Å²) in [7, 11) is 0. The minimum absolute atomic E-state index is 0. The summed E-state index contributed by atoms with van der Waals surface area (Å²) in [5.74, 6) is -2.51. The van der Waals surface area contributed by atoms with E-state index in [1.165, 1.54) is 0 Å². The van der Waals surface area contributed by atoms with Crippen LogP contribution >= 0.6 is 0 Å². The van der Waals surface area contributed by atoms with Crippen molar-refractivity contribution >= 4 is 11.9 Å². The summed E-state index contributed by atoms with van der Waals surface area (Å²) >= 11 is 0. The van der Waals surface area contributed by atoms with Gasteiger partial charge in [-0.15, -0.1) is 0 Å². The Balaban J connectivity index is -0.000000245. The van der Waals surface area contributed by atoms with Gasteiger partial charge in [0.1, 0.15) is 0 Å². The summed E-state index contributed by atoms with van der Waals surface area (Å²) in [5, 5.41) is 15.6. The van der Waals surface area contributed by atoms with E-state index in [1.54, 1.807) is 0 Å². The molecule has 0 saturated carbocycles. The first-order chi connectivity index (χ1) is 3.63. The van der Waals surface area contributed by atoms with Crippen LogP contribution in [0.15, 0.2) is 12.2 Å². The molecule has 0 heterocycles. The molecule has 2 radical (unpaired) electrons. The van der Waals surface area contributed by atoms with Gasteiger partial charge in [-0.05, 0) is 0 Å². The fourth-order valence-electron chi connectivity index (χ4n) is 0.143. The fraction of sp³-hybridized carbons (Fsp3) is 0. The number of aliphatic carboxylic acids is 2. The monoisotopic (exact) mass is 330 g/mol. The van der Waals surface area contributed by atoms with E-state index in [2.05, 4.69) is 0 Å². The summed E-state index contributed by atoms with van der Waals surface area (Å²) < 4.78 is 0. The molecule has 0 aromatic rings. The molecule has 0 bridgehead atoms. The Bertz CT molecular complexity index is 126. The van der Waals surface area contributed by atoms with Gasteiger partial charge in [-0.2, -0.15) is 0 Å². The molecule has 0 fully saturated rings. The van der Waals surface area contributed by atoms with Crippen LogP contribution in [-0.4, -0.2) is 22.2 Å². The van der Waals surface area contributed by atoms with Gasteiger partial charge < -0.3 is 10.2 Å². The minimum atomic E-state index is -1.26. The molecule has 0 atom stereocenters. The largest absolute Gasteiger partial charge is 0.478 e. The second kappa shape index (κ2) is 9.16. The van der Waals surface area contributed by atoms with E-state index in [0.29, 0.717) is 12.2 Å². The van der Waals surface area contributed by atoms with Crippen molar-refractivity contribution in [3.8, 4) is 0 Å². The zero-order valence-electron chi connectivity index (χ0n) is 4.47. The van der Waals surface area contributed by atoms with E-state index < -0.39 is 11.9 Å². The van der Waals surface area contributed by atoms with Crippen molar-refractivity contribution in [2.24, 2.45) is 0 Å². The van der Waals surface area contributed by atoms with Crippen molar-refractivity contribution in [2.45, 2.75) is 0 Å². The van der Waals surface area contributed by atoms with Crippen molar-refractivity contribution in [3.05, 3.63) is 12.2 Å². The van der Waals surface area contributed by atoms with Crippen LogP contribution in [0.2, 0.25) is 0 Å². The SMILES string of the molecule is O=C(O)/C=C\C(=O)O.[Ag].[Ag]. The Kier molecular flexibility index (Phi) is 15.2. The zero-order chi connectivity index (χ0) is 6.57. The third-order valence-corrected chi connectivity index (χ3v) is 0.368. The Labute approximate surface area is 88.3 Å². The molecule has 0 saturated heterocycles. The van der Waals surface area contributed by atoms with Gasteiger partial charge in [-0.3, -0.25) is 0 Å². The Morgan fingerprint density at radius 3 is 1.20 bits per heavy atom. The quantitative estimate of drug-likeness (QED) is 0.538. The molecule has 0 spiro atoms. The molecule has 0 rings (SSSR count). The van der Waals surface area contributed by atoms with Crippen LogP contribution in [0, 0.1) is 0 Å². The van der Waals surface area contributed by atoms with Crippen LogP contribution in [0.5, 0.6) is 0 Å². The van der Waals surface area contributed by atoms with Gasteiger partial charge >= 0.3 is 11.9 Å². The summed E-state index contributed by atoms with van der Waals surface area (Å²) in [6.45, 7) is 0. The third kappa shape index (κ3) is 15.7. The van der Waals surface area contributed by atoms with Crippen LogP contribution in [0.1, 0.15) is 0 Å². The van der Waals surface area contributed by atoms with Crippen LogP contribution < -0.4 is 0 Å². The van der Waals surface area contributed by atoms with Crippen molar-refractivity contribution in [1.29, 1.82) is 0 Å². The van der Waals surface area contributed by atoms with E-state index in [1.807, 2.05) is 0 Å². The maximum Gasteiger partial charge on any atom is 0.328 e. The molecule has 6 heteroatoms. The number of hydrogen-bond acceptors (Lipinski definition) is 2. The molecule has 66 valence electrons. The van der Waals surface area contributed by atoms with Gasteiger partial charge in [0.05, 0.1) is 0 Å². The molecule has 0 aliphatic carbocycles. The zero-order valence-corrected chi connectivity index (χ0v) is 7.43. The molecule has 0 amide bonds. The topological polar surface area (TPSA) is 74.6 Å². The first-order valence-electron chi connectivity index (χ1n) is 1.77. The van der Waals surface area contributed by atoms with Crippen molar-refractivity contribution in [2.75, 3.05) is 0 Å². The first-order valence-corrected chi connectivity index (χ1v) is 1.77. The van der Waals surface area contributed by atoms with E-state index in [9.17, 15) is 9.59 Å². The van der Waals surface area contributed by atoms with Gasteiger partial charge in [0.25, 0.3) is 0 Å². The van der Waals surface area contributed by atoms with Crippen LogP contribution in [0.4, 0.5) is 0 Å². The van der Waals surface area contributed by atoms with Crippen LogP contribution in [0.25, 0.3) is 0 Å². The summed E-state index contributed by atoms with van der Waals surface area (Å²) in [6.07, 6.45) is 1.12. The Hall–Kier alpha value is 0.161. The Morgan fingerprint density at radius 2 is 1.10 bits per heavy atom. The predicted octanol–water partition coefficient (Wildman–Crippen LogP) is -0.293. The van der Waals surface area contributed by atoms with Gasteiger partial charge in [-0.25, -0.2) is 9.59 Å². The molecular weight excluding hydrogens is 328 g/mol. The maximum atomic E-state index is 9.55. The van der Waals surface area contributed by atoms with E-state index in [0.717, 1.165) is 0 Å². The molecule has 10 heavy (non-hydrogen) atoms. The van der Waals surface area contributed by atoms with Crippen molar-refractivity contribution < 1.29 is 64.6 Å². The molecule has 2 N–H and O–H groups in total. The number of carboxylic acid groups (broad SMARTS) is 2. The molecule has 0 aliphatic heterocycles. The summed E-state index contributed by atoms with van der Waals surface area (Å²) in [4.78, 5) is 19.1. The first kappa shape index (κ1) is 16.6. The number of rotatable bonds is 2. The second-order valence-corrected chi connectivity index (χ2v) is 1.01. The molecular formula is C4H4Ag2O4. The molecule has 0 aliphatic rings. The van der Waals surface area contributed by atoms with Crippen LogP contribution in [0.3, 0.4) is 0 Å². The smallest absolute Gasteiger partial charge is 0.328 e. The average Bonchev–Trinajstić information content (AvgIpc) is 1.61. The van der Waals surface area contributed by atoms with Gasteiger partial charge in [0.2, 0.25) is 0 Å². The van der Waals surface area contributed by atoms with E-state index in [-0.39, 0.29) is 44.8 Å². The minimum Gasteiger partial charge on any atom is -0.478 e. The van der Waals surface area contributed by atoms with E-state index >= 15 is 0 Å². The maximum absolute atomic E-state index is 9.55. The standard InChI is InChI=1S/C4H4O4.2Ag/c5-3(6)1-2-4(7)8;;/h1-2H,(H,5,6)(H,7,8);;/b2-1-;;. The Morgan fingerprint density at radius 1 is 0.900 bits per heavy atom. The number of hydrogen-bond donors (Lipinski definition) is 2. The van der Waals surface area contributed by atoms with Gasteiger partial charge in [0, 0.05) is 56.9 Å². The second-order valence-electron chi connectivity index (χ2n) is 1.01. The molecule has 0 unspecified atom stereocenters. The predicted molar refractivity (Wildman–Crippen MR) is 24.4 cm³/mol. The third-order valence-electron chi connectivity index (χ3n) is 0.368. The van der Waals surface area contributed by atoms with Crippen molar-refractivity contribution in [3.63, 3.8) is 0 Å². The normalized spacial score (nSPS) is 7.60. The fourth-order valence-corrected chi connectivity index (χ4v) is 0.143. The van der Waals surface area contributed by atoms with Crippen molar-refractivity contribution in [1.82, 2.24) is 0 Å². The summed E-state index contributed by atoms with van der Waals surface area (Å²) in [5.41, 5.74) is 0. The number of carbonyl (C=O) groups is 2. The van der Waals surface area contributed by atoms with Gasteiger partial charge in [-0.1, -0.05) is 0 Å². The summed E-state index contributed by atoms with van der Waals surface area (Å²) in [6, 6.07) is 0. The molecule has 0 aromatic heterocycles. The average molecular weight is 332 g/mol. The van der Waals surface area contributed by atoms with Crippen LogP contribution in [-0.2, 0) is 54.3 Å².